The maximum absolute atomic E-state index is 11.2. The van der Waals surface area contributed by atoms with Gasteiger partial charge in [-0.25, -0.2) is 0 Å². The van der Waals surface area contributed by atoms with E-state index in [9.17, 15) is 4.79 Å². The van der Waals surface area contributed by atoms with Crippen molar-refractivity contribution in [3.8, 4) is 0 Å². The molecule has 2 unspecified atom stereocenters. The second-order valence-electron chi connectivity index (χ2n) is 3.72. The molecule has 0 amide bonds. The number of Topliss-reactive ketones (excluding diaryl/α,β-unsaturated/α-hetero) is 1. The van der Waals surface area contributed by atoms with Gasteiger partial charge in [-0.05, 0) is 19.8 Å². The summed E-state index contributed by atoms with van der Waals surface area (Å²) in [5, 5.41) is 0.0998. The second-order valence-corrected chi connectivity index (χ2v) is 4.29. The van der Waals surface area contributed by atoms with Crippen LogP contribution in [0, 0.1) is 5.92 Å². The van der Waals surface area contributed by atoms with Crippen molar-refractivity contribution in [2.75, 3.05) is 0 Å². The van der Waals surface area contributed by atoms with Crippen LogP contribution in [0.2, 0.25) is 0 Å². The van der Waals surface area contributed by atoms with Crippen LogP contribution in [-0.4, -0.2) is 11.2 Å². The van der Waals surface area contributed by atoms with Gasteiger partial charge in [-0.2, -0.15) is 0 Å². The second kappa shape index (κ2) is 4.86. The highest BCUT2D eigenvalue weighted by atomic mass is 35.5. The van der Waals surface area contributed by atoms with E-state index in [1.165, 1.54) is 25.7 Å². The maximum Gasteiger partial charge on any atom is 0.134 e. The zero-order valence-electron chi connectivity index (χ0n) is 7.68. The zero-order chi connectivity index (χ0) is 8.97. The summed E-state index contributed by atoms with van der Waals surface area (Å²) >= 11 is 6.13. The van der Waals surface area contributed by atoms with Gasteiger partial charge < -0.3 is 0 Å². The molecule has 70 valence electrons. The highest BCUT2D eigenvalue weighted by molar-refractivity contribution is 6.22. The number of rotatable bonds is 1. The molecule has 0 radical (unpaired) electrons. The van der Waals surface area contributed by atoms with Crippen LogP contribution in [0.4, 0.5) is 0 Å². The Morgan fingerprint density at radius 1 is 1.17 bits per heavy atom. The molecule has 0 bridgehead atoms. The molecule has 0 heterocycles. The summed E-state index contributed by atoms with van der Waals surface area (Å²) < 4.78 is 0. The predicted octanol–water partition coefficient (Wildman–Crippen LogP) is 3.15. The van der Waals surface area contributed by atoms with Crippen molar-refractivity contribution in [1.29, 1.82) is 0 Å². The summed E-state index contributed by atoms with van der Waals surface area (Å²) in [5.74, 6) is 0.406. The minimum absolute atomic E-state index is 0.0998. The SMILES string of the molecule is CC(=O)C1CCCCCCC1Cl. The van der Waals surface area contributed by atoms with Crippen LogP contribution in [0.1, 0.15) is 45.4 Å². The van der Waals surface area contributed by atoms with Gasteiger partial charge in [0.1, 0.15) is 5.78 Å². The van der Waals surface area contributed by atoms with E-state index < -0.39 is 0 Å². The number of alkyl halides is 1. The molecule has 2 heteroatoms. The summed E-state index contributed by atoms with van der Waals surface area (Å²) in [6, 6.07) is 0. The van der Waals surface area contributed by atoms with Crippen LogP contribution in [0.15, 0.2) is 0 Å². The summed E-state index contributed by atoms with van der Waals surface area (Å²) in [6.07, 6.45) is 6.95. The highest BCUT2D eigenvalue weighted by Gasteiger charge is 2.24. The Morgan fingerprint density at radius 2 is 1.75 bits per heavy atom. The van der Waals surface area contributed by atoms with Crippen LogP contribution in [0.3, 0.4) is 0 Å². The van der Waals surface area contributed by atoms with Gasteiger partial charge in [0.05, 0.1) is 0 Å². The number of hydrogen-bond acceptors (Lipinski definition) is 1. The molecule has 0 aliphatic heterocycles. The van der Waals surface area contributed by atoms with Crippen molar-refractivity contribution in [2.24, 2.45) is 5.92 Å². The third kappa shape index (κ3) is 2.78. The van der Waals surface area contributed by atoms with E-state index in [1.807, 2.05) is 0 Å². The molecule has 0 aromatic carbocycles. The van der Waals surface area contributed by atoms with Gasteiger partial charge in [0, 0.05) is 11.3 Å². The minimum Gasteiger partial charge on any atom is -0.300 e. The number of carbonyl (C=O) groups excluding carboxylic acids is 1. The molecule has 1 fully saturated rings. The van der Waals surface area contributed by atoms with Crippen molar-refractivity contribution in [3.63, 3.8) is 0 Å². The summed E-state index contributed by atoms with van der Waals surface area (Å²) in [4.78, 5) is 11.2. The fourth-order valence-corrected chi connectivity index (χ4v) is 2.35. The lowest BCUT2D eigenvalue weighted by Gasteiger charge is -2.22. The Bertz CT molecular complexity index is 156. The largest absolute Gasteiger partial charge is 0.300 e. The molecule has 1 aliphatic rings. The standard InChI is InChI=1S/C10H17ClO/c1-8(12)9-6-4-2-3-5-7-10(9)11/h9-10H,2-7H2,1H3. The Labute approximate surface area is 79.5 Å². The van der Waals surface area contributed by atoms with Crippen molar-refractivity contribution in [3.05, 3.63) is 0 Å². The van der Waals surface area contributed by atoms with Crippen LogP contribution < -0.4 is 0 Å². The van der Waals surface area contributed by atoms with Gasteiger partial charge in [0.25, 0.3) is 0 Å². The van der Waals surface area contributed by atoms with E-state index in [-0.39, 0.29) is 17.1 Å². The first-order chi connectivity index (χ1) is 5.72. The third-order valence-electron chi connectivity index (χ3n) is 2.70. The van der Waals surface area contributed by atoms with E-state index >= 15 is 0 Å². The third-order valence-corrected chi connectivity index (χ3v) is 3.23. The first-order valence-electron chi connectivity index (χ1n) is 4.86. The quantitative estimate of drug-likeness (QED) is 0.578. The minimum atomic E-state index is 0.0998. The molecule has 1 aliphatic carbocycles. The molecular formula is C10H17ClO. The van der Waals surface area contributed by atoms with E-state index in [1.54, 1.807) is 6.92 Å². The Hall–Kier alpha value is -0.0400. The molecule has 0 N–H and O–H groups in total. The molecule has 0 saturated heterocycles. The molecule has 0 aromatic rings. The average Bonchev–Trinajstić information content (AvgIpc) is 1.96. The van der Waals surface area contributed by atoms with Crippen LogP contribution in [0.5, 0.6) is 0 Å². The first kappa shape index (κ1) is 10.0. The normalized spacial score (nSPS) is 32.2. The van der Waals surface area contributed by atoms with E-state index in [2.05, 4.69) is 0 Å². The average molecular weight is 189 g/mol. The van der Waals surface area contributed by atoms with Crippen molar-refractivity contribution in [2.45, 2.75) is 50.8 Å². The molecular weight excluding hydrogens is 172 g/mol. The maximum atomic E-state index is 11.2. The number of carbonyl (C=O) groups is 1. The van der Waals surface area contributed by atoms with Crippen molar-refractivity contribution < 1.29 is 4.79 Å². The zero-order valence-corrected chi connectivity index (χ0v) is 8.44. The fraction of sp³-hybridized carbons (Fsp3) is 0.900. The van der Waals surface area contributed by atoms with E-state index in [0.717, 1.165) is 12.8 Å². The number of hydrogen-bond donors (Lipinski definition) is 0. The van der Waals surface area contributed by atoms with Gasteiger partial charge in [-0.1, -0.05) is 25.7 Å². The number of halogens is 1. The Balaban J connectivity index is 2.48. The van der Waals surface area contributed by atoms with Crippen LogP contribution in [0.25, 0.3) is 0 Å². The lowest BCUT2D eigenvalue weighted by atomic mass is 9.88. The highest BCUT2D eigenvalue weighted by Crippen LogP contribution is 2.27. The van der Waals surface area contributed by atoms with Crippen LogP contribution in [-0.2, 0) is 4.79 Å². The summed E-state index contributed by atoms with van der Waals surface area (Å²) in [5.41, 5.74) is 0. The van der Waals surface area contributed by atoms with Crippen LogP contribution >= 0.6 is 11.6 Å². The topological polar surface area (TPSA) is 17.1 Å². The van der Waals surface area contributed by atoms with Crippen molar-refractivity contribution in [1.82, 2.24) is 0 Å². The molecule has 1 saturated carbocycles. The fourth-order valence-electron chi connectivity index (χ4n) is 1.90. The van der Waals surface area contributed by atoms with Gasteiger partial charge in [-0.15, -0.1) is 11.6 Å². The van der Waals surface area contributed by atoms with Gasteiger partial charge in [-0.3, -0.25) is 4.79 Å². The summed E-state index contributed by atoms with van der Waals surface area (Å²) in [7, 11) is 0. The van der Waals surface area contributed by atoms with E-state index in [4.69, 9.17) is 11.6 Å². The van der Waals surface area contributed by atoms with Gasteiger partial charge in [0.2, 0.25) is 0 Å². The van der Waals surface area contributed by atoms with E-state index in [0.29, 0.717) is 0 Å². The Kier molecular flexibility index (Phi) is 4.07. The molecule has 2 atom stereocenters. The predicted molar refractivity (Wildman–Crippen MR) is 51.5 cm³/mol. The van der Waals surface area contributed by atoms with Crippen molar-refractivity contribution >= 4 is 17.4 Å². The lowest BCUT2D eigenvalue weighted by molar-refractivity contribution is -0.121. The molecule has 0 spiro atoms. The van der Waals surface area contributed by atoms with Gasteiger partial charge in [0.15, 0.2) is 0 Å². The molecule has 1 rings (SSSR count). The first-order valence-corrected chi connectivity index (χ1v) is 5.30. The smallest absolute Gasteiger partial charge is 0.134 e. The molecule has 0 aromatic heterocycles. The molecule has 12 heavy (non-hydrogen) atoms. The van der Waals surface area contributed by atoms with Gasteiger partial charge >= 0.3 is 0 Å². The number of ketones is 1. The monoisotopic (exact) mass is 188 g/mol. The Morgan fingerprint density at radius 3 is 2.33 bits per heavy atom. The molecule has 1 nitrogen and oxygen atoms in total. The summed E-state index contributed by atoms with van der Waals surface area (Å²) in [6.45, 7) is 1.67. The lowest BCUT2D eigenvalue weighted by Crippen LogP contribution is -2.23.